The fourth-order valence-corrected chi connectivity index (χ4v) is 6.99. The highest BCUT2D eigenvalue weighted by molar-refractivity contribution is 7.89. The van der Waals surface area contributed by atoms with Gasteiger partial charge >= 0.3 is 0 Å². The lowest BCUT2D eigenvalue weighted by Gasteiger charge is -2.38. The Kier molecular flexibility index (Phi) is 6.30. The summed E-state index contributed by atoms with van der Waals surface area (Å²) in [5.41, 5.74) is 2.70. The van der Waals surface area contributed by atoms with Crippen molar-refractivity contribution in [2.75, 3.05) is 19.8 Å². The number of rotatable bonds is 5. The van der Waals surface area contributed by atoms with Crippen LogP contribution in [-0.4, -0.2) is 43.7 Å². The highest BCUT2D eigenvalue weighted by atomic mass is 32.2. The predicted octanol–water partition coefficient (Wildman–Crippen LogP) is 3.78. The van der Waals surface area contributed by atoms with Gasteiger partial charge < -0.3 is 9.84 Å². The first kappa shape index (κ1) is 21.5. The lowest BCUT2D eigenvalue weighted by molar-refractivity contribution is 0.0253. The Morgan fingerprint density at radius 1 is 1.03 bits per heavy atom. The van der Waals surface area contributed by atoms with Gasteiger partial charge in [0.1, 0.15) is 5.25 Å². The van der Waals surface area contributed by atoms with Gasteiger partial charge in [-0.2, -0.15) is 4.31 Å². The molecule has 0 bridgehead atoms. The van der Waals surface area contributed by atoms with Gasteiger partial charge in [-0.3, -0.25) is 0 Å². The first-order valence-corrected chi connectivity index (χ1v) is 12.3. The molecule has 0 unspecified atom stereocenters. The molecule has 2 aromatic carbocycles. The van der Waals surface area contributed by atoms with Crippen molar-refractivity contribution >= 4 is 10.0 Å². The Balaban J connectivity index is 1.55. The smallest absolute Gasteiger partial charge is 0.221 e. The van der Waals surface area contributed by atoms with Crippen LogP contribution < -0.4 is 0 Å². The number of hydrogen-bond acceptors (Lipinski definition) is 4. The molecule has 0 saturated carbocycles. The van der Waals surface area contributed by atoms with E-state index in [1.807, 2.05) is 61.5 Å². The minimum Gasteiger partial charge on any atom is -0.395 e. The first-order chi connectivity index (χ1) is 14.5. The minimum atomic E-state index is -3.44. The number of aliphatic hydroxyl groups excluding tert-OH is 1. The fourth-order valence-electron chi connectivity index (χ4n) is 4.80. The fraction of sp³-hybridized carbons (Fsp3) is 0.500. The molecular formula is C24H31NO4S. The van der Waals surface area contributed by atoms with Gasteiger partial charge in [-0.05, 0) is 49.3 Å². The second-order valence-corrected chi connectivity index (χ2v) is 10.7. The second-order valence-electron chi connectivity index (χ2n) is 8.66. The zero-order chi connectivity index (χ0) is 21.2. The molecule has 2 atom stereocenters. The number of hydrogen-bond donors (Lipinski definition) is 1. The molecule has 0 radical (unpaired) electrons. The molecule has 6 heteroatoms. The van der Waals surface area contributed by atoms with Gasteiger partial charge in [-0.25, -0.2) is 8.42 Å². The van der Waals surface area contributed by atoms with Crippen LogP contribution >= 0.6 is 0 Å². The predicted molar refractivity (Wildman–Crippen MR) is 118 cm³/mol. The molecule has 0 amide bonds. The van der Waals surface area contributed by atoms with E-state index in [4.69, 9.17) is 4.74 Å². The molecule has 30 heavy (non-hydrogen) atoms. The van der Waals surface area contributed by atoms with Crippen LogP contribution in [-0.2, 0) is 26.7 Å². The van der Waals surface area contributed by atoms with E-state index in [0.29, 0.717) is 26.2 Å². The Bertz CT molecular complexity index is 937. The van der Waals surface area contributed by atoms with E-state index in [1.165, 1.54) is 0 Å². The van der Waals surface area contributed by atoms with Crippen LogP contribution in [0.5, 0.6) is 0 Å². The van der Waals surface area contributed by atoms with Gasteiger partial charge in [0.15, 0.2) is 0 Å². The van der Waals surface area contributed by atoms with E-state index in [1.54, 1.807) is 4.31 Å². The van der Waals surface area contributed by atoms with Crippen molar-refractivity contribution in [3.05, 3.63) is 71.3 Å². The third-order valence-electron chi connectivity index (χ3n) is 6.85. The van der Waals surface area contributed by atoms with Crippen molar-refractivity contribution in [2.45, 2.75) is 55.9 Å². The Labute approximate surface area is 179 Å². The summed E-state index contributed by atoms with van der Waals surface area (Å²) in [5, 5.41) is 9.55. The first-order valence-electron chi connectivity index (χ1n) is 10.8. The SMILES string of the molecule is C[C@H]1CC[C@H](c2ccccc2)S(=O)(=O)N1Cc1ccc(C2(CO)CCOCC2)cc1. The average Bonchev–Trinajstić information content (AvgIpc) is 2.78. The highest BCUT2D eigenvalue weighted by Gasteiger charge is 2.40. The highest BCUT2D eigenvalue weighted by Crippen LogP contribution is 2.38. The maximum absolute atomic E-state index is 13.4. The summed E-state index contributed by atoms with van der Waals surface area (Å²) in [6.07, 6.45) is 3.12. The lowest BCUT2D eigenvalue weighted by atomic mass is 9.75. The van der Waals surface area contributed by atoms with Crippen LogP contribution in [0.2, 0.25) is 0 Å². The van der Waals surface area contributed by atoms with Crippen LogP contribution in [0.25, 0.3) is 0 Å². The van der Waals surface area contributed by atoms with Crippen molar-refractivity contribution in [1.29, 1.82) is 0 Å². The summed E-state index contributed by atoms with van der Waals surface area (Å²) in [4.78, 5) is 0. The Morgan fingerprint density at radius 3 is 2.33 bits per heavy atom. The minimum absolute atomic E-state index is 0.0195. The summed E-state index contributed by atoms with van der Waals surface area (Å²) in [7, 11) is -3.44. The molecular weight excluding hydrogens is 398 g/mol. The van der Waals surface area contributed by atoms with Crippen molar-refractivity contribution in [3.8, 4) is 0 Å². The summed E-state index contributed by atoms with van der Waals surface area (Å²) < 4.78 is 34.0. The van der Waals surface area contributed by atoms with Crippen molar-refractivity contribution in [2.24, 2.45) is 0 Å². The second kappa shape index (κ2) is 8.79. The quantitative estimate of drug-likeness (QED) is 0.785. The molecule has 0 aliphatic carbocycles. The largest absolute Gasteiger partial charge is 0.395 e. The van der Waals surface area contributed by atoms with Crippen LogP contribution in [0, 0.1) is 0 Å². The number of aliphatic hydroxyl groups is 1. The van der Waals surface area contributed by atoms with E-state index < -0.39 is 15.3 Å². The molecule has 162 valence electrons. The lowest BCUT2D eigenvalue weighted by Crippen LogP contribution is -2.44. The van der Waals surface area contributed by atoms with E-state index in [9.17, 15) is 13.5 Å². The molecule has 5 nitrogen and oxygen atoms in total. The normalized spacial score (nSPS) is 26.3. The standard InChI is InChI=1S/C24H31NO4S/c1-19-7-12-23(21-5-3-2-4-6-21)30(27,28)25(19)17-20-8-10-22(11-9-20)24(18-26)13-15-29-16-14-24/h2-6,8-11,19,23,26H,7,12-18H2,1H3/t19-,23+/m0/s1. The maximum Gasteiger partial charge on any atom is 0.221 e. The molecule has 0 aromatic heterocycles. The van der Waals surface area contributed by atoms with E-state index in [2.05, 4.69) is 0 Å². The zero-order valence-corrected chi connectivity index (χ0v) is 18.4. The summed E-state index contributed by atoms with van der Waals surface area (Å²) >= 11 is 0. The van der Waals surface area contributed by atoms with Crippen LogP contribution in [0.4, 0.5) is 0 Å². The molecule has 2 saturated heterocycles. The molecule has 1 N–H and O–H groups in total. The molecule has 2 aliphatic heterocycles. The van der Waals surface area contributed by atoms with Gasteiger partial charge in [-0.1, -0.05) is 54.6 Å². The van der Waals surface area contributed by atoms with E-state index in [-0.39, 0.29) is 18.1 Å². The van der Waals surface area contributed by atoms with Crippen LogP contribution in [0.1, 0.15) is 54.5 Å². The monoisotopic (exact) mass is 429 g/mol. The third-order valence-corrected chi connectivity index (χ3v) is 9.22. The van der Waals surface area contributed by atoms with Crippen LogP contribution in [0.15, 0.2) is 54.6 Å². The van der Waals surface area contributed by atoms with Crippen molar-refractivity contribution in [1.82, 2.24) is 4.31 Å². The topological polar surface area (TPSA) is 66.8 Å². The molecule has 2 aliphatic rings. The summed E-state index contributed by atoms with van der Waals surface area (Å²) in [5.74, 6) is 0. The number of benzene rings is 2. The number of sulfonamides is 1. The molecule has 0 spiro atoms. The van der Waals surface area contributed by atoms with Crippen LogP contribution in [0.3, 0.4) is 0 Å². The van der Waals surface area contributed by atoms with E-state index >= 15 is 0 Å². The Hall–Kier alpha value is -1.73. The molecule has 2 aromatic rings. The number of ether oxygens (including phenoxy) is 1. The Morgan fingerprint density at radius 2 is 1.70 bits per heavy atom. The summed E-state index contributed by atoms with van der Waals surface area (Å²) in [6.45, 7) is 3.80. The zero-order valence-electron chi connectivity index (χ0n) is 17.5. The van der Waals surface area contributed by atoms with Gasteiger partial charge in [0.2, 0.25) is 10.0 Å². The summed E-state index contributed by atoms with van der Waals surface area (Å²) in [6, 6.07) is 17.6. The van der Waals surface area contributed by atoms with Gasteiger partial charge in [0, 0.05) is 31.2 Å². The van der Waals surface area contributed by atoms with Crippen molar-refractivity contribution < 1.29 is 18.3 Å². The molecule has 2 fully saturated rings. The average molecular weight is 430 g/mol. The third kappa shape index (κ3) is 4.06. The maximum atomic E-state index is 13.4. The van der Waals surface area contributed by atoms with Crippen molar-refractivity contribution in [3.63, 3.8) is 0 Å². The van der Waals surface area contributed by atoms with Gasteiger partial charge in [0.25, 0.3) is 0 Å². The molecule has 2 heterocycles. The van der Waals surface area contributed by atoms with Gasteiger partial charge in [-0.15, -0.1) is 0 Å². The van der Waals surface area contributed by atoms with E-state index in [0.717, 1.165) is 36.0 Å². The number of nitrogens with zero attached hydrogens (tertiary/aromatic N) is 1. The van der Waals surface area contributed by atoms with Gasteiger partial charge in [0.05, 0.1) is 6.61 Å². The molecule has 4 rings (SSSR count).